The fraction of sp³-hybridized carbons (Fsp3) is 0.0714. The second-order valence-corrected chi connectivity index (χ2v) is 4.20. The minimum absolute atomic E-state index is 0.270. The molecule has 0 fully saturated rings. The molecule has 5 heteroatoms. The van der Waals surface area contributed by atoms with E-state index in [-0.39, 0.29) is 11.6 Å². The van der Waals surface area contributed by atoms with E-state index in [0.29, 0.717) is 5.02 Å². The lowest BCUT2D eigenvalue weighted by Crippen LogP contribution is -2.22. The maximum atomic E-state index is 12.8. The summed E-state index contributed by atoms with van der Waals surface area (Å²) < 4.78 is 17.8. The van der Waals surface area contributed by atoms with Crippen molar-refractivity contribution in [2.45, 2.75) is 0 Å². The third-order valence-electron chi connectivity index (χ3n) is 2.52. The standard InChI is InChI=1S/C14H11ClFNO2/c1-17-14(18)19-13-7-4-10(8-12(13)15)9-2-5-11(16)6-3-9/h2-8H,1H3,(H,17,18). The molecule has 0 saturated carbocycles. The summed E-state index contributed by atoms with van der Waals surface area (Å²) in [6.07, 6.45) is -0.587. The van der Waals surface area contributed by atoms with Crippen LogP contribution in [0.2, 0.25) is 5.02 Å². The molecule has 2 aromatic carbocycles. The van der Waals surface area contributed by atoms with Crippen molar-refractivity contribution in [1.29, 1.82) is 0 Å². The zero-order chi connectivity index (χ0) is 13.8. The van der Waals surface area contributed by atoms with Crippen LogP contribution in [0.1, 0.15) is 0 Å². The molecule has 0 atom stereocenters. The van der Waals surface area contributed by atoms with E-state index in [1.807, 2.05) is 0 Å². The summed E-state index contributed by atoms with van der Waals surface area (Å²) in [4.78, 5) is 11.1. The molecule has 3 nitrogen and oxygen atoms in total. The number of rotatable bonds is 2. The SMILES string of the molecule is CNC(=O)Oc1ccc(-c2ccc(F)cc2)cc1Cl. The molecule has 0 unspecified atom stereocenters. The zero-order valence-electron chi connectivity index (χ0n) is 10.1. The lowest BCUT2D eigenvalue weighted by atomic mass is 10.1. The molecule has 0 aromatic heterocycles. The molecular formula is C14H11ClFNO2. The second kappa shape index (κ2) is 5.71. The molecule has 0 aliphatic rings. The molecule has 0 aliphatic heterocycles. The van der Waals surface area contributed by atoms with Crippen molar-refractivity contribution in [3.63, 3.8) is 0 Å². The van der Waals surface area contributed by atoms with Crippen LogP contribution in [-0.4, -0.2) is 13.1 Å². The first-order valence-corrected chi connectivity index (χ1v) is 5.93. The summed E-state index contributed by atoms with van der Waals surface area (Å²) in [5.41, 5.74) is 1.64. The normalized spacial score (nSPS) is 10.1. The highest BCUT2D eigenvalue weighted by molar-refractivity contribution is 6.32. The summed E-state index contributed by atoms with van der Waals surface area (Å²) in [5.74, 6) is -0.0266. The fourth-order valence-electron chi connectivity index (χ4n) is 1.56. The monoisotopic (exact) mass is 279 g/mol. The van der Waals surface area contributed by atoms with E-state index in [4.69, 9.17) is 16.3 Å². The van der Waals surface area contributed by atoms with E-state index in [9.17, 15) is 9.18 Å². The van der Waals surface area contributed by atoms with Crippen LogP contribution in [0.3, 0.4) is 0 Å². The molecule has 0 aliphatic carbocycles. The molecule has 19 heavy (non-hydrogen) atoms. The average Bonchev–Trinajstić information content (AvgIpc) is 2.41. The summed E-state index contributed by atoms with van der Waals surface area (Å²) >= 11 is 6.03. The molecule has 2 aromatic rings. The van der Waals surface area contributed by atoms with Crippen LogP contribution >= 0.6 is 11.6 Å². The first kappa shape index (κ1) is 13.4. The molecule has 0 bridgehead atoms. The summed E-state index contributed by atoms with van der Waals surface area (Å²) in [5, 5.41) is 2.64. The molecule has 0 spiro atoms. The van der Waals surface area contributed by atoms with Gasteiger partial charge in [-0.15, -0.1) is 0 Å². The Balaban J connectivity index is 2.28. The smallest absolute Gasteiger partial charge is 0.409 e. The van der Waals surface area contributed by atoms with E-state index in [1.165, 1.54) is 19.2 Å². The van der Waals surface area contributed by atoms with Crippen molar-refractivity contribution in [3.05, 3.63) is 53.3 Å². The highest BCUT2D eigenvalue weighted by Gasteiger charge is 2.08. The number of nitrogens with one attached hydrogen (secondary N) is 1. The first-order chi connectivity index (χ1) is 9.10. The van der Waals surface area contributed by atoms with Crippen LogP contribution in [0.4, 0.5) is 9.18 Å². The number of amides is 1. The highest BCUT2D eigenvalue weighted by atomic mass is 35.5. The number of hydrogen-bond acceptors (Lipinski definition) is 2. The van der Waals surface area contributed by atoms with Crippen LogP contribution in [0.15, 0.2) is 42.5 Å². The Labute approximate surface area is 115 Å². The molecule has 1 N–H and O–H groups in total. The Morgan fingerprint density at radius 2 is 1.79 bits per heavy atom. The molecule has 0 heterocycles. The van der Waals surface area contributed by atoms with Gasteiger partial charge in [0.05, 0.1) is 5.02 Å². The van der Waals surface area contributed by atoms with Crippen molar-refractivity contribution in [2.75, 3.05) is 7.05 Å². The van der Waals surface area contributed by atoms with Gasteiger partial charge in [-0.1, -0.05) is 29.8 Å². The molecule has 98 valence electrons. The van der Waals surface area contributed by atoms with Crippen molar-refractivity contribution in [2.24, 2.45) is 0 Å². The van der Waals surface area contributed by atoms with Crippen molar-refractivity contribution in [1.82, 2.24) is 5.32 Å². The predicted octanol–water partition coefficient (Wildman–Crippen LogP) is 3.86. The Bertz CT molecular complexity index is 599. The largest absolute Gasteiger partial charge is 0.412 e. The minimum atomic E-state index is -0.587. The molecule has 0 radical (unpaired) electrons. The van der Waals surface area contributed by atoms with Gasteiger partial charge >= 0.3 is 6.09 Å². The summed E-state index contributed by atoms with van der Waals surface area (Å²) in [6, 6.07) is 11.1. The number of benzene rings is 2. The summed E-state index contributed by atoms with van der Waals surface area (Å²) in [6.45, 7) is 0. The Morgan fingerprint density at radius 1 is 1.16 bits per heavy atom. The molecule has 0 saturated heterocycles. The van der Waals surface area contributed by atoms with E-state index in [1.54, 1.807) is 30.3 Å². The lowest BCUT2D eigenvalue weighted by Gasteiger charge is -2.08. The Hall–Kier alpha value is -2.07. The van der Waals surface area contributed by atoms with Gasteiger partial charge in [0, 0.05) is 7.05 Å². The van der Waals surface area contributed by atoms with Crippen LogP contribution in [0.5, 0.6) is 5.75 Å². The molecular weight excluding hydrogens is 269 g/mol. The number of carbonyl (C=O) groups is 1. The number of ether oxygens (including phenoxy) is 1. The van der Waals surface area contributed by atoms with Gasteiger partial charge in [0.2, 0.25) is 0 Å². The van der Waals surface area contributed by atoms with Crippen molar-refractivity contribution in [3.8, 4) is 16.9 Å². The van der Waals surface area contributed by atoms with Gasteiger partial charge in [-0.05, 0) is 35.4 Å². The number of halogens is 2. The third kappa shape index (κ3) is 3.23. The van der Waals surface area contributed by atoms with Crippen molar-refractivity contribution >= 4 is 17.7 Å². The fourth-order valence-corrected chi connectivity index (χ4v) is 1.78. The third-order valence-corrected chi connectivity index (χ3v) is 2.81. The molecule has 2 rings (SSSR count). The second-order valence-electron chi connectivity index (χ2n) is 3.79. The lowest BCUT2D eigenvalue weighted by molar-refractivity contribution is 0.203. The number of hydrogen-bond donors (Lipinski definition) is 1. The summed E-state index contributed by atoms with van der Waals surface area (Å²) in [7, 11) is 1.46. The first-order valence-electron chi connectivity index (χ1n) is 5.55. The van der Waals surface area contributed by atoms with Crippen LogP contribution in [0, 0.1) is 5.82 Å². The topological polar surface area (TPSA) is 38.3 Å². The van der Waals surface area contributed by atoms with Gasteiger partial charge in [0.25, 0.3) is 0 Å². The van der Waals surface area contributed by atoms with Gasteiger partial charge in [0.15, 0.2) is 5.75 Å². The Morgan fingerprint density at radius 3 is 2.37 bits per heavy atom. The highest BCUT2D eigenvalue weighted by Crippen LogP contribution is 2.30. The predicted molar refractivity (Wildman–Crippen MR) is 71.9 cm³/mol. The van der Waals surface area contributed by atoms with Crippen LogP contribution in [0.25, 0.3) is 11.1 Å². The zero-order valence-corrected chi connectivity index (χ0v) is 10.9. The maximum absolute atomic E-state index is 12.8. The van der Waals surface area contributed by atoms with Crippen molar-refractivity contribution < 1.29 is 13.9 Å². The van der Waals surface area contributed by atoms with Gasteiger partial charge < -0.3 is 10.1 Å². The average molecular weight is 280 g/mol. The van der Waals surface area contributed by atoms with Gasteiger partial charge in [-0.2, -0.15) is 0 Å². The molecule has 1 amide bonds. The Kier molecular flexibility index (Phi) is 4.02. The quantitative estimate of drug-likeness (QED) is 0.906. The maximum Gasteiger partial charge on any atom is 0.412 e. The minimum Gasteiger partial charge on any atom is -0.409 e. The van der Waals surface area contributed by atoms with Gasteiger partial charge in [0.1, 0.15) is 5.82 Å². The van der Waals surface area contributed by atoms with Gasteiger partial charge in [-0.3, -0.25) is 0 Å². The van der Waals surface area contributed by atoms with E-state index in [2.05, 4.69) is 5.32 Å². The van der Waals surface area contributed by atoms with Crippen LogP contribution < -0.4 is 10.1 Å². The van der Waals surface area contributed by atoms with E-state index in [0.717, 1.165) is 11.1 Å². The van der Waals surface area contributed by atoms with Crippen LogP contribution in [-0.2, 0) is 0 Å². The van der Waals surface area contributed by atoms with E-state index >= 15 is 0 Å². The number of carbonyl (C=O) groups excluding carboxylic acids is 1. The van der Waals surface area contributed by atoms with Gasteiger partial charge in [-0.25, -0.2) is 9.18 Å². The van der Waals surface area contributed by atoms with E-state index < -0.39 is 6.09 Å².